The highest BCUT2D eigenvalue weighted by atomic mass is 16.2. The van der Waals surface area contributed by atoms with Gasteiger partial charge in [-0.3, -0.25) is 9.78 Å². The molecule has 1 aliphatic rings. The maximum absolute atomic E-state index is 12.3. The molecule has 0 spiro atoms. The van der Waals surface area contributed by atoms with Gasteiger partial charge < -0.3 is 0 Å². The summed E-state index contributed by atoms with van der Waals surface area (Å²) < 4.78 is 0. The summed E-state index contributed by atoms with van der Waals surface area (Å²) in [5.74, 6) is 5.73. The van der Waals surface area contributed by atoms with Gasteiger partial charge >= 0.3 is 0 Å². The van der Waals surface area contributed by atoms with Gasteiger partial charge in [0, 0.05) is 18.0 Å². The van der Waals surface area contributed by atoms with Gasteiger partial charge in [-0.1, -0.05) is 25.5 Å². The monoisotopic (exact) mass is 257 g/mol. The van der Waals surface area contributed by atoms with Gasteiger partial charge in [-0.25, -0.2) is 10.9 Å². The Morgan fingerprint density at radius 1 is 1.37 bits per heavy atom. The quantitative estimate of drug-likeness (QED) is 0.503. The first-order valence-corrected chi connectivity index (χ1v) is 6.28. The molecule has 0 aromatic carbocycles. The standard InChI is InChI=1S/C15H19N3O/c1-11-8-13(10-15(2,3)9-11)18(16)14(19)12-4-6-17-7-5-12/h4-8,10H,9,16H2,1-3H3. The van der Waals surface area contributed by atoms with Crippen LogP contribution in [0.15, 0.2) is 47.9 Å². The molecule has 0 unspecified atom stereocenters. The minimum Gasteiger partial charge on any atom is -0.267 e. The number of aromatic nitrogens is 1. The lowest BCUT2D eigenvalue weighted by Crippen LogP contribution is -2.37. The van der Waals surface area contributed by atoms with Crippen LogP contribution in [0.5, 0.6) is 0 Å². The fourth-order valence-electron chi connectivity index (χ4n) is 2.41. The van der Waals surface area contributed by atoms with Gasteiger partial charge in [0.1, 0.15) is 0 Å². The molecule has 1 heterocycles. The zero-order valence-corrected chi connectivity index (χ0v) is 11.6. The fourth-order valence-corrected chi connectivity index (χ4v) is 2.41. The van der Waals surface area contributed by atoms with Gasteiger partial charge in [-0.05, 0) is 37.0 Å². The summed E-state index contributed by atoms with van der Waals surface area (Å²) >= 11 is 0. The van der Waals surface area contributed by atoms with E-state index in [-0.39, 0.29) is 11.3 Å². The molecule has 0 saturated carbocycles. The first-order valence-electron chi connectivity index (χ1n) is 6.28. The molecule has 0 fully saturated rings. The number of carbonyl (C=O) groups excluding carboxylic acids is 1. The zero-order valence-electron chi connectivity index (χ0n) is 11.6. The third kappa shape index (κ3) is 3.09. The largest absolute Gasteiger partial charge is 0.272 e. The number of hydrogen-bond acceptors (Lipinski definition) is 3. The summed E-state index contributed by atoms with van der Waals surface area (Å²) in [6.45, 7) is 6.32. The van der Waals surface area contributed by atoms with Gasteiger partial charge in [-0.2, -0.15) is 0 Å². The number of hydrogen-bond donors (Lipinski definition) is 1. The second kappa shape index (κ2) is 4.97. The van der Waals surface area contributed by atoms with Crippen molar-refractivity contribution in [2.24, 2.45) is 11.3 Å². The molecule has 1 aliphatic carbocycles. The summed E-state index contributed by atoms with van der Waals surface area (Å²) in [5, 5.41) is 1.21. The van der Waals surface area contributed by atoms with Gasteiger partial charge in [0.05, 0.1) is 5.70 Å². The molecule has 0 bridgehead atoms. The smallest absolute Gasteiger partial charge is 0.267 e. The van der Waals surface area contributed by atoms with Gasteiger partial charge in [-0.15, -0.1) is 0 Å². The summed E-state index contributed by atoms with van der Waals surface area (Å²) in [6, 6.07) is 3.32. The molecule has 19 heavy (non-hydrogen) atoms. The minimum absolute atomic E-state index is 0.0182. The molecule has 1 aromatic heterocycles. The predicted octanol–water partition coefficient (Wildman–Crippen LogP) is 2.66. The molecule has 2 rings (SSSR count). The van der Waals surface area contributed by atoms with Crippen molar-refractivity contribution < 1.29 is 4.79 Å². The van der Waals surface area contributed by atoms with Crippen molar-refractivity contribution >= 4 is 5.91 Å². The highest BCUT2D eigenvalue weighted by Gasteiger charge is 2.24. The number of carbonyl (C=O) groups is 1. The van der Waals surface area contributed by atoms with Crippen LogP contribution in [-0.2, 0) is 0 Å². The Bertz CT molecular complexity index is 544. The van der Waals surface area contributed by atoms with E-state index in [1.807, 2.05) is 12.2 Å². The van der Waals surface area contributed by atoms with Gasteiger partial charge in [0.25, 0.3) is 5.91 Å². The number of pyridine rings is 1. The Kier molecular flexibility index (Phi) is 3.53. The number of hydrazine groups is 1. The number of allylic oxidation sites excluding steroid dienone is 3. The number of amides is 1. The van der Waals surface area contributed by atoms with E-state index in [0.29, 0.717) is 5.56 Å². The lowest BCUT2D eigenvalue weighted by molar-refractivity contribution is 0.0808. The maximum Gasteiger partial charge on any atom is 0.272 e. The Labute approximate surface area is 113 Å². The van der Waals surface area contributed by atoms with Crippen molar-refractivity contribution in [3.8, 4) is 0 Å². The molecule has 0 atom stereocenters. The number of nitrogens with two attached hydrogens (primary N) is 1. The van der Waals surface area contributed by atoms with Crippen LogP contribution in [0.3, 0.4) is 0 Å². The predicted molar refractivity (Wildman–Crippen MR) is 74.8 cm³/mol. The van der Waals surface area contributed by atoms with E-state index < -0.39 is 0 Å². The van der Waals surface area contributed by atoms with E-state index in [1.54, 1.807) is 24.5 Å². The molecule has 0 aliphatic heterocycles. The van der Waals surface area contributed by atoms with Crippen molar-refractivity contribution in [2.75, 3.05) is 0 Å². The van der Waals surface area contributed by atoms with Crippen LogP contribution < -0.4 is 5.84 Å². The van der Waals surface area contributed by atoms with Crippen LogP contribution in [0.2, 0.25) is 0 Å². The maximum atomic E-state index is 12.3. The third-order valence-electron chi connectivity index (χ3n) is 3.09. The van der Waals surface area contributed by atoms with E-state index >= 15 is 0 Å². The molecule has 1 amide bonds. The normalized spacial score (nSPS) is 17.5. The third-order valence-corrected chi connectivity index (χ3v) is 3.09. The SMILES string of the molecule is CC1=CC(N(N)C(=O)c2ccncc2)=CC(C)(C)C1. The summed E-state index contributed by atoms with van der Waals surface area (Å²) in [4.78, 5) is 16.2. The van der Waals surface area contributed by atoms with Crippen LogP contribution >= 0.6 is 0 Å². The first-order chi connectivity index (χ1) is 8.89. The molecule has 0 radical (unpaired) electrons. The fraction of sp³-hybridized carbons (Fsp3) is 0.333. The van der Waals surface area contributed by atoms with Crippen molar-refractivity contribution in [1.29, 1.82) is 0 Å². The van der Waals surface area contributed by atoms with Gasteiger partial charge in [0.2, 0.25) is 0 Å². The lowest BCUT2D eigenvalue weighted by atomic mass is 9.81. The highest BCUT2D eigenvalue weighted by Crippen LogP contribution is 2.33. The summed E-state index contributed by atoms with van der Waals surface area (Å²) in [6.07, 6.45) is 8.15. The summed E-state index contributed by atoms with van der Waals surface area (Å²) in [5.41, 5.74) is 2.52. The van der Waals surface area contributed by atoms with E-state index in [4.69, 9.17) is 5.84 Å². The highest BCUT2D eigenvalue weighted by molar-refractivity contribution is 5.95. The first kappa shape index (κ1) is 13.5. The van der Waals surface area contributed by atoms with Crippen LogP contribution in [0.25, 0.3) is 0 Å². The van der Waals surface area contributed by atoms with Crippen LogP contribution in [-0.4, -0.2) is 15.9 Å². The molecule has 4 nitrogen and oxygen atoms in total. The molecular formula is C15H19N3O. The summed E-state index contributed by atoms with van der Waals surface area (Å²) in [7, 11) is 0. The van der Waals surface area contributed by atoms with Crippen molar-refractivity contribution in [3.05, 3.63) is 53.5 Å². The second-order valence-electron chi connectivity index (χ2n) is 5.64. The second-order valence-corrected chi connectivity index (χ2v) is 5.64. The van der Waals surface area contributed by atoms with Crippen molar-refractivity contribution in [1.82, 2.24) is 9.99 Å². The molecule has 2 N–H and O–H groups in total. The minimum atomic E-state index is -0.226. The Balaban J connectivity index is 2.27. The average Bonchev–Trinajstić information content (AvgIpc) is 2.35. The van der Waals surface area contributed by atoms with E-state index in [1.165, 1.54) is 10.6 Å². The molecule has 1 aromatic rings. The van der Waals surface area contributed by atoms with Crippen LogP contribution in [0.4, 0.5) is 0 Å². The van der Waals surface area contributed by atoms with E-state index in [9.17, 15) is 4.79 Å². The van der Waals surface area contributed by atoms with Crippen LogP contribution in [0, 0.1) is 5.41 Å². The van der Waals surface area contributed by atoms with E-state index in [0.717, 1.165) is 12.1 Å². The molecule has 4 heteroatoms. The number of nitrogens with zero attached hydrogens (tertiary/aromatic N) is 2. The average molecular weight is 257 g/mol. The Hall–Kier alpha value is -1.94. The lowest BCUT2D eigenvalue weighted by Gasteiger charge is -2.29. The van der Waals surface area contributed by atoms with Crippen molar-refractivity contribution in [2.45, 2.75) is 27.2 Å². The molecule has 0 saturated heterocycles. The van der Waals surface area contributed by atoms with Gasteiger partial charge in [0.15, 0.2) is 0 Å². The Morgan fingerprint density at radius 3 is 2.58 bits per heavy atom. The van der Waals surface area contributed by atoms with E-state index in [2.05, 4.69) is 25.8 Å². The van der Waals surface area contributed by atoms with Crippen molar-refractivity contribution in [3.63, 3.8) is 0 Å². The Morgan fingerprint density at radius 2 is 2.00 bits per heavy atom. The number of rotatable bonds is 2. The topological polar surface area (TPSA) is 59.2 Å². The van der Waals surface area contributed by atoms with Crippen LogP contribution in [0.1, 0.15) is 37.6 Å². The zero-order chi connectivity index (χ0) is 14.0. The molecular weight excluding hydrogens is 238 g/mol. The molecule has 100 valence electrons.